The Labute approximate surface area is 121 Å². The molecule has 20 heavy (non-hydrogen) atoms. The molecule has 5 nitrogen and oxygen atoms in total. The third-order valence-corrected chi connectivity index (χ3v) is 2.70. The molecule has 0 aliphatic carbocycles. The zero-order valence-corrected chi connectivity index (χ0v) is 12.3. The van der Waals surface area contributed by atoms with E-state index in [0.29, 0.717) is 44.8 Å². The van der Waals surface area contributed by atoms with Gasteiger partial charge in [-0.15, -0.1) is 0 Å². The lowest BCUT2D eigenvalue weighted by Gasteiger charge is -2.11. The van der Waals surface area contributed by atoms with Crippen molar-refractivity contribution in [3.8, 4) is 0 Å². The lowest BCUT2D eigenvalue weighted by atomic mass is 10.2. The Morgan fingerprint density at radius 1 is 1.35 bits per heavy atom. The summed E-state index contributed by atoms with van der Waals surface area (Å²) >= 11 is 0. The van der Waals surface area contributed by atoms with E-state index < -0.39 is 0 Å². The van der Waals surface area contributed by atoms with Crippen molar-refractivity contribution in [2.24, 2.45) is 16.6 Å². The number of methoxy groups -OCH3 is 1. The van der Waals surface area contributed by atoms with Gasteiger partial charge in [0.1, 0.15) is 0 Å². The molecule has 0 saturated carbocycles. The topological polar surface area (TPSA) is 68.9 Å². The van der Waals surface area contributed by atoms with Crippen LogP contribution in [0, 0.1) is 5.92 Å². The van der Waals surface area contributed by atoms with Crippen molar-refractivity contribution in [3.05, 3.63) is 35.9 Å². The maximum absolute atomic E-state index is 5.73. The van der Waals surface area contributed by atoms with E-state index in [4.69, 9.17) is 15.2 Å². The molecule has 3 N–H and O–H groups in total. The lowest BCUT2D eigenvalue weighted by Crippen LogP contribution is -2.34. The van der Waals surface area contributed by atoms with E-state index in [1.54, 1.807) is 7.11 Å². The van der Waals surface area contributed by atoms with Crippen LogP contribution in [-0.2, 0) is 16.1 Å². The van der Waals surface area contributed by atoms with Gasteiger partial charge in [-0.2, -0.15) is 0 Å². The molecular weight excluding hydrogens is 254 g/mol. The Morgan fingerprint density at radius 3 is 2.80 bits per heavy atom. The third-order valence-electron chi connectivity index (χ3n) is 2.70. The molecule has 0 spiro atoms. The minimum atomic E-state index is 0.335. The molecule has 0 saturated heterocycles. The summed E-state index contributed by atoms with van der Waals surface area (Å²) in [7, 11) is 1.65. The Kier molecular flexibility index (Phi) is 8.42. The Hall–Kier alpha value is -1.59. The largest absolute Gasteiger partial charge is 0.383 e. The summed E-state index contributed by atoms with van der Waals surface area (Å²) in [4.78, 5) is 4.27. The number of hydrogen-bond acceptors (Lipinski definition) is 3. The van der Waals surface area contributed by atoms with E-state index in [1.807, 2.05) is 18.2 Å². The molecule has 112 valence electrons. The average molecular weight is 279 g/mol. The zero-order valence-electron chi connectivity index (χ0n) is 12.3. The Morgan fingerprint density at radius 2 is 2.10 bits per heavy atom. The van der Waals surface area contributed by atoms with Crippen LogP contribution in [0.3, 0.4) is 0 Å². The number of nitrogens with zero attached hydrogens (tertiary/aromatic N) is 1. The van der Waals surface area contributed by atoms with Crippen LogP contribution in [0.5, 0.6) is 0 Å². The summed E-state index contributed by atoms with van der Waals surface area (Å²) in [5, 5.41) is 2.98. The van der Waals surface area contributed by atoms with Gasteiger partial charge in [-0.25, -0.2) is 0 Å². The van der Waals surface area contributed by atoms with E-state index in [9.17, 15) is 0 Å². The van der Waals surface area contributed by atoms with Gasteiger partial charge in [-0.05, 0) is 11.5 Å². The number of guanidine groups is 1. The van der Waals surface area contributed by atoms with Crippen molar-refractivity contribution in [1.82, 2.24) is 5.32 Å². The second-order valence-electron chi connectivity index (χ2n) is 4.75. The van der Waals surface area contributed by atoms with Crippen molar-refractivity contribution in [2.45, 2.75) is 13.5 Å². The van der Waals surface area contributed by atoms with Crippen molar-refractivity contribution >= 4 is 5.96 Å². The summed E-state index contributed by atoms with van der Waals surface area (Å²) < 4.78 is 10.6. The number of hydrogen-bond donors (Lipinski definition) is 2. The highest BCUT2D eigenvalue weighted by atomic mass is 16.5. The highest BCUT2D eigenvalue weighted by molar-refractivity contribution is 5.77. The van der Waals surface area contributed by atoms with Gasteiger partial charge in [0.05, 0.1) is 19.8 Å². The molecule has 0 aromatic heterocycles. The lowest BCUT2D eigenvalue weighted by molar-refractivity contribution is 0.0945. The van der Waals surface area contributed by atoms with Crippen LogP contribution in [0.1, 0.15) is 12.5 Å². The van der Waals surface area contributed by atoms with Crippen LogP contribution in [0.25, 0.3) is 0 Å². The fourth-order valence-electron chi connectivity index (χ4n) is 1.60. The van der Waals surface area contributed by atoms with Gasteiger partial charge in [0, 0.05) is 20.2 Å². The summed E-state index contributed by atoms with van der Waals surface area (Å²) in [5.74, 6) is 0.790. The quantitative estimate of drug-likeness (QED) is 0.407. The number of benzene rings is 1. The predicted octanol–water partition coefficient (Wildman–Crippen LogP) is 1.39. The maximum atomic E-state index is 5.73. The smallest absolute Gasteiger partial charge is 0.188 e. The monoisotopic (exact) mass is 279 g/mol. The normalized spacial score (nSPS) is 13.2. The van der Waals surface area contributed by atoms with Crippen LogP contribution >= 0.6 is 0 Å². The Balaban J connectivity index is 2.13. The Bertz CT molecular complexity index is 382. The minimum absolute atomic E-state index is 0.335. The summed E-state index contributed by atoms with van der Waals surface area (Å²) in [6, 6.07) is 10.1. The van der Waals surface area contributed by atoms with Crippen LogP contribution < -0.4 is 11.1 Å². The molecule has 0 aliphatic rings. The third kappa shape index (κ3) is 7.76. The SMILES string of the molecule is COCCNC(N)=NCC(C)COCc1ccccc1. The molecule has 0 aliphatic heterocycles. The van der Waals surface area contributed by atoms with Crippen LogP contribution in [0.4, 0.5) is 0 Å². The summed E-state index contributed by atoms with van der Waals surface area (Å²) in [5.41, 5.74) is 6.91. The molecule has 0 heterocycles. The highest BCUT2D eigenvalue weighted by Crippen LogP contribution is 2.03. The first kappa shape index (κ1) is 16.5. The number of nitrogens with two attached hydrogens (primary N) is 1. The number of ether oxygens (including phenoxy) is 2. The second kappa shape index (κ2) is 10.2. The molecule has 0 fully saturated rings. The van der Waals surface area contributed by atoms with Crippen LogP contribution in [0.2, 0.25) is 0 Å². The standard InChI is InChI=1S/C15H25N3O2/c1-13(10-18-15(16)17-8-9-19-2)11-20-12-14-6-4-3-5-7-14/h3-7,13H,8-12H2,1-2H3,(H3,16,17,18). The van der Waals surface area contributed by atoms with Crippen molar-refractivity contribution in [3.63, 3.8) is 0 Å². The van der Waals surface area contributed by atoms with Gasteiger partial charge in [-0.3, -0.25) is 4.99 Å². The highest BCUT2D eigenvalue weighted by Gasteiger charge is 2.02. The van der Waals surface area contributed by atoms with Crippen molar-refractivity contribution in [2.75, 3.05) is 33.4 Å². The molecule has 5 heteroatoms. The van der Waals surface area contributed by atoms with E-state index in [2.05, 4.69) is 29.4 Å². The predicted molar refractivity (Wildman–Crippen MR) is 81.6 cm³/mol. The van der Waals surface area contributed by atoms with Crippen molar-refractivity contribution < 1.29 is 9.47 Å². The fourth-order valence-corrected chi connectivity index (χ4v) is 1.60. The number of aliphatic imine (C=N–C) groups is 1. The molecule has 1 unspecified atom stereocenters. The van der Waals surface area contributed by atoms with Gasteiger partial charge in [0.25, 0.3) is 0 Å². The number of nitrogens with one attached hydrogen (secondary N) is 1. The molecule has 0 amide bonds. The van der Waals surface area contributed by atoms with Crippen LogP contribution in [-0.4, -0.2) is 39.4 Å². The molecule has 1 aromatic rings. The molecule has 1 atom stereocenters. The molecular formula is C15H25N3O2. The molecule has 0 radical (unpaired) electrons. The van der Waals surface area contributed by atoms with Crippen LogP contribution in [0.15, 0.2) is 35.3 Å². The zero-order chi connectivity index (χ0) is 14.6. The summed E-state index contributed by atoms with van der Waals surface area (Å²) in [6.07, 6.45) is 0. The average Bonchev–Trinajstić information content (AvgIpc) is 2.46. The summed E-state index contributed by atoms with van der Waals surface area (Å²) in [6.45, 7) is 5.34. The molecule has 1 aromatic carbocycles. The van der Waals surface area contributed by atoms with Gasteiger partial charge < -0.3 is 20.5 Å². The van der Waals surface area contributed by atoms with E-state index in [-0.39, 0.29) is 0 Å². The van der Waals surface area contributed by atoms with Gasteiger partial charge in [0.2, 0.25) is 0 Å². The van der Waals surface area contributed by atoms with Gasteiger partial charge >= 0.3 is 0 Å². The van der Waals surface area contributed by atoms with Gasteiger partial charge in [0.15, 0.2) is 5.96 Å². The first-order valence-corrected chi connectivity index (χ1v) is 6.86. The fraction of sp³-hybridized carbons (Fsp3) is 0.533. The second-order valence-corrected chi connectivity index (χ2v) is 4.75. The number of rotatable bonds is 9. The van der Waals surface area contributed by atoms with E-state index in [1.165, 1.54) is 5.56 Å². The first-order valence-electron chi connectivity index (χ1n) is 6.86. The minimum Gasteiger partial charge on any atom is -0.383 e. The maximum Gasteiger partial charge on any atom is 0.188 e. The van der Waals surface area contributed by atoms with E-state index in [0.717, 1.165) is 0 Å². The van der Waals surface area contributed by atoms with Gasteiger partial charge in [-0.1, -0.05) is 37.3 Å². The molecule has 0 bridgehead atoms. The van der Waals surface area contributed by atoms with E-state index >= 15 is 0 Å². The first-order chi connectivity index (χ1) is 9.72. The van der Waals surface area contributed by atoms with Crippen molar-refractivity contribution in [1.29, 1.82) is 0 Å². The molecule has 1 rings (SSSR count).